The predicted octanol–water partition coefficient (Wildman–Crippen LogP) is 2.74. The van der Waals surface area contributed by atoms with E-state index < -0.39 is 0 Å². The lowest BCUT2D eigenvalue weighted by Gasteiger charge is -2.27. The first kappa shape index (κ1) is 8.87. The molecular weight excluding hydrogens is 277 g/mol. The van der Waals surface area contributed by atoms with Crippen LogP contribution < -0.4 is 0 Å². The minimum Gasteiger partial charge on any atom is -0.507 e. The fourth-order valence-corrected chi connectivity index (χ4v) is 2.18. The Kier molecular flexibility index (Phi) is 2.19. The van der Waals surface area contributed by atoms with Crippen molar-refractivity contribution in [1.29, 1.82) is 0 Å². The number of halogens is 1. The third kappa shape index (κ3) is 1.41. The summed E-state index contributed by atoms with van der Waals surface area (Å²) in [5.74, 6) is 0.364. The number of hydrogen-bond donors (Lipinski definition) is 1. The highest BCUT2D eigenvalue weighted by molar-refractivity contribution is 14.1. The maximum Gasteiger partial charge on any atom is 0.123 e. The first-order valence-corrected chi connectivity index (χ1v) is 5.31. The molecule has 0 radical (unpaired) electrons. The van der Waals surface area contributed by atoms with Crippen molar-refractivity contribution < 1.29 is 5.11 Å². The van der Waals surface area contributed by atoms with Crippen LogP contribution in [-0.4, -0.2) is 17.1 Å². The van der Waals surface area contributed by atoms with Crippen LogP contribution in [0.1, 0.15) is 15.2 Å². The number of rotatable bonds is 0. The number of phenolic OH excluding ortho intramolecular Hbond substituents is 1. The van der Waals surface area contributed by atoms with Gasteiger partial charge in [0.05, 0.1) is 0 Å². The van der Waals surface area contributed by atoms with E-state index in [-0.39, 0.29) is 0 Å². The molecule has 1 heterocycles. The van der Waals surface area contributed by atoms with Crippen LogP contribution in [0, 0.1) is 0 Å². The molecule has 2 rings (SSSR count). The number of phenols is 1. The summed E-state index contributed by atoms with van der Waals surface area (Å²) in [5, 5.41) is 9.59. The molecule has 68 valence electrons. The minimum atomic E-state index is 0.310. The van der Waals surface area contributed by atoms with E-state index in [1.54, 1.807) is 6.07 Å². The molecule has 1 aliphatic heterocycles. The molecule has 0 bridgehead atoms. The second kappa shape index (κ2) is 3.21. The molecule has 2 nitrogen and oxygen atoms in total. The van der Waals surface area contributed by atoms with Gasteiger partial charge in [-0.3, -0.25) is 0 Å². The smallest absolute Gasteiger partial charge is 0.123 e. The van der Waals surface area contributed by atoms with E-state index in [0.717, 1.165) is 5.56 Å². The first-order chi connectivity index (χ1) is 6.20. The Labute approximate surface area is 91.0 Å². The van der Waals surface area contributed by atoms with Crippen LogP contribution in [0.2, 0.25) is 0 Å². The molecule has 1 aromatic rings. The Morgan fingerprint density at radius 1 is 1.46 bits per heavy atom. The van der Waals surface area contributed by atoms with Crippen LogP contribution in [0.3, 0.4) is 0 Å². The SMILES string of the molecule is CN1C=Cc2c(O)cccc2C1I. The van der Waals surface area contributed by atoms with Gasteiger partial charge in [0, 0.05) is 18.8 Å². The zero-order valence-corrected chi connectivity index (χ0v) is 9.39. The molecule has 1 aromatic carbocycles. The molecule has 0 amide bonds. The van der Waals surface area contributed by atoms with Crippen molar-refractivity contribution >= 4 is 28.7 Å². The van der Waals surface area contributed by atoms with Crippen molar-refractivity contribution in [2.24, 2.45) is 0 Å². The van der Waals surface area contributed by atoms with E-state index >= 15 is 0 Å². The van der Waals surface area contributed by atoms with Gasteiger partial charge in [-0.1, -0.05) is 34.7 Å². The lowest BCUT2D eigenvalue weighted by molar-refractivity contribution is 0.441. The highest BCUT2D eigenvalue weighted by Crippen LogP contribution is 2.37. The normalized spacial score (nSPS) is 20.2. The van der Waals surface area contributed by atoms with E-state index in [1.807, 2.05) is 31.5 Å². The average Bonchev–Trinajstić information content (AvgIpc) is 2.12. The molecule has 1 unspecified atom stereocenters. The molecular formula is C10H10INO. The van der Waals surface area contributed by atoms with Crippen molar-refractivity contribution in [3.05, 3.63) is 35.5 Å². The lowest BCUT2D eigenvalue weighted by atomic mass is 10.0. The van der Waals surface area contributed by atoms with Gasteiger partial charge in [0.25, 0.3) is 0 Å². The standard InChI is InChI=1S/C10H10INO/c1-12-6-5-7-8(10(12)11)3-2-4-9(7)13/h2-6,10,13H,1H3. The fraction of sp³-hybridized carbons (Fsp3) is 0.200. The molecule has 1 atom stereocenters. The highest BCUT2D eigenvalue weighted by Gasteiger charge is 2.19. The second-order valence-corrected chi connectivity index (χ2v) is 4.28. The summed E-state index contributed by atoms with van der Waals surface area (Å²) in [6.07, 6.45) is 3.93. The van der Waals surface area contributed by atoms with Gasteiger partial charge in [0.2, 0.25) is 0 Å². The third-order valence-electron chi connectivity index (χ3n) is 2.21. The van der Waals surface area contributed by atoms with Crippen molar-refractivity contribution in [3.63, 3.8) is 0 Å². The van der Waals surface area contributed by atoms with Crippen LogP contribution in [0.15, 0.2) is 24.4 Å². The van der Waals surface area contributed by atoms with Gasteiger partial charge in [0.1, 0.15) is 9.80 Å². The van der Waals surface area contributed by atoms with E-state index in [9.17, 15) is 5.11 Å². The average molecular weight is 287 g/mol. The molecule has 0 saturated carbocycles. The quantitative estimate of drug-likeness (QED) is 0.450. The van der Waals surface area contributed by atoms with E-state index in [2.05, 4.69) is 27.5 Å². The zero-order chi connectivity index (χ0) is 9.42. The largest absolute Gasteiger partial charge is 0.507 e. The van der Waals surface area contributed by atoms with Gasteiger partial charge in [-0.05, 0) is 17.7 Å². The number of benzene rings is 1. The van der Waals surface area contributed by atoms with Crippen molar-refractivity contribution in [3.8, 4) is 5.75 Å². The summed E-state index contributed by atoms with van der Waals surface area (Å²) in [7, 11) is 2.03. The first-order valence-electron chi connectivity index (χ1n) is 4.06. The van der Waals surface area contributed by atoms with E-state index in [1.165, 1.54) is 5.56 Å². The van der Waals surface area contributed by atoms with Crippen LogP contribution in [0.4, 0.5) is 0 Å². The Hall–Kier alpha value is -0.710. The van der Waals surface area contributed by atoms with Gasteiger partial charge in [-0.25, -0.2) is 0 Å². The molecule has 3 heteroatoms. The van der Waals surface area contributed by atoms with Gasteiger partial charge in [-0.2, -0.15) is 0 Å². The molecule has 0 aromatic heterocycles. The molecule has 0 aliphatic carbocycles. The molecule has 0 saturated heterocycles. The van der Waals surface area contributed by atoms with Gasteiger partial charge >= 0.3 is 0 Å². The minimum absolute atomic E-state index is 0.310. The Morgan fingerprint density at radius 2 is 2.23 bits per heavy atom. The van der Waals surface area contributed by atoms with Crippen LogP contribution in [0.25, 0.3) is 6.08 Å². The van der Waals surface area contributed by atoms with Gasteiger partial charge < -0.3 is 10.0 Å². The molecule has 1 N–H and O–H groups in total. The number of hydrogen-bond acceptors (Lipinski definition) is 2. The Morgan fingerprint density at radius 3 is 3.00 bits per heavy atom. The maximum atomic E-state index is 9.59. The summed E-state index contributed by atoms with van der Waals surface area (Å²) in [4.78, 5) is 2.11. The summed E-state index contributed by atoms with van der Waals surface area (Å²) in [5.41, 5.74) is 2.12. The topological polar surface area (TPSA) is 23.5 Å². The van der Waals surface area contributed by atoms with Crippen molar-refractivity contribution in [2.75, 3.05) is 7.05 Å². The third-order valence-corrected chi connectivity index (χ3v) is 3.76. The summed E-state index contributed by atoms with van der Waals surface area (Å²) in [6.45, 7) is 0. The Balaban J connectivity index is 2.58. The predicted molar refractivity (Wildman–Crippen MR) is 61.7 cm³/mol. The number of fused-ring (bicyclic) bond motifs is 1. The summed E-state index contributed by atoms with van der Waals surface area (Å²) < 4.78 is 0.310. The second-order valence-electron chi connectivity index (χ2n) is 3.10. The summed E-state index contributed by atoms with van der Waals surface area (Å²) in [6, 6.07) is 5.65. The molecule has 1 aliphatic rings. The zero-order valence-electron chi connectivity index (χ0n) is 7.24. The fourth-order valence-electron chi connectivity index (χ4n) is 1.45. The van der Waals surface area contributed by atoms with Crippen LogP contribution >= 0.6 is 22.6 Å². The monoisotopic (exact) mass is 287 g/mol. The maximum absolute atomic E-state index is 9.59. The number of nitrogens with zero attached hydrogens (tertiary/aromatic N) is 1. The molecule has 13 heavy (non-hydrogen) atoms. The summed E-state index contributed by atoms with van der Waals surface area (Å²) >= 11 is 2.35. The van der Waals surface area contributed by atoms with Crippen LogP contribution in [-0.2, 0) is 0 Å². The van der Waals surface area contributed by atoms with Crippen molar-refractivity contribution in [2.45, 2.75) is 4.05 Å². The van der Waals surface area contributed by atoms with Crippen molar-refractivity contribution in [1.82, 2.24) is 4.90 Å². The van der Waals surface area contributed by atoms with E-state index in [0.29, 0.717) is 9.80 Å². The number of aromatic hydroxyl groups is 1. The Bertz CT molecular complexity index is 362. The number of alkyl halides is 1. The van der Waals surface area contributed by atoms with Gasteiger partial charge in [0.15, 0.2) is 0 Å². The molecule has 0 fully saturated rings. The highest BCUT2D eigenvalue weighted by atomic mass is 127. The van der Waals surface area contributed by atoms with Gasteiger partial charge in [-0.15, -0.1) is 0 Å². The van der Waals surface area contributed by atoms with E-state index in [4.69, 9.17) is 0 Å². The van der Waals surface area contributed by atoms with Crippen LogP contribution in [0.5, 0.6) is 5.75 Å². The lowest BCUT2D eigenvalue weighted by Crippen LogP contribution is -2.17. The molecule has 0 spiro atoms.